The number of nitrogens with zero attached hydrogens (tertiary/aromatic N) is 7. The smallest absolute Gasteiger partial charge is 0.352 e. The summed E-state index contributed by atoms with van der Waals surface area (Å²) in [6, 6.07) is -0.946. The largest absolute Gasteiger partial charge is 0.477 e. The molecule has 2 amide bonds. The Balaban J connectivity index is 1.30. The molecule has 17 heteroatoms. The van der Waals surface area contributed by atoms with Gasteiger partial charge in [-0.1, -0.05) is 29.1 Å². The van der Waals surface area contributed by atoms with Crippen molar-refractivity contribution >= 4 is 63.5 Å². The second-order valence-corrected chi connectivity index (χ2v) is 11.4. The molecule has 2 unspecified atom stereocenters. The van der Waals surface area contributed by atoms with Crippen molar-refractivity contribution in [3.8, 4) is 0 Å². The summed E-state index contributed by atoms with van der Waals surface area (Å²) in [7, 11) is 0. The number of aliphatic carboxylic acids is 1. The Labute approximate surface area is 234 Å². The van der Waals surface area contributed by atoms with Gasteiger partial charge in [-0.15, -0.1) is 34.8 Å². The molecule has 39 heavy (non-hydrogen) atoms. The molecule has 3 aliphatic rings. The highest BCUT2D eigenvalue weighted by Gasteiger charge is 2.54. The lowest BCUT2D eigenvalue weighted by atomic mass is 10.0. The van der Waals surface area contributed by atoms with E-state index in [-0.39, 0.29) is 34.1 Å². The van der Waals surface area contributed by atoms with E-state index in [9.17, 15) is 19.5 Å². The van der Waals surface area contributed by atoms with Crippen LogP contribution in [0, 0.1) is 0 Å². The summed E-state index contributed by atoms with van der Waals surface area (Å²) in [5.74, 6) is -1.81. The van der Waals surface area contributed by atoms with Crippen molar-refractivity contribution in [2.24, 2.45) is 5.16 Å². The molecule has 1 saturated heterocycles. The molecule has 1 aliphatic carbocycles. The Bertz CT molecular complexity index is 1400. The van der Waals surface area contributed by atoms with Gasteiger partial charge in [0.1, 0.15) is 28.9 Å². The van der Waals surface area contributed by atoms with E-state index >= 15 is 0 Å². The first-order valence-electron chi connectivity index (χ1n) is 11.7. The van der Waals surface area contributed by atoms with Crippen LogP contribution in [0.15, 0.2) is 51.8 Å². The number of aromatic nitrogens is 5. The average molecular weight is 590 g/mol. The van der Waals surface area contributed by atoms with Crippen LogP contribution in [0.2, 0.25) is 0 Å². The quantitative estimate of drug-likeness (QED) is 0.110. The van der Waals surface area contributed by atoms with E-state index in [1.165, 1.54) is 28.4 Å². The molecule has 0 saturated carbocycles. The number of allylic oxidation sites excluding steroid dienone is 2. The van der Waals surface area contributed by atoms with E-state index in [0.717, 1.165) is 24.2 Å². The van der Waals surface area contributed by atoms with Crippen molar-refractivity contribution in [3.05, 3.63) is 47.2 Å². The Morgan fingerprint density at radius 2 is 2.28 bits per heavy atom. The van der Waals surface area contributed by atoms with Crippen molar-refractivity contribution in [3.63, 3.8) is 0 Å². The third kappa shape index (κ3) is 5.55. The first-order chi connectivity index (χ1) is 18.9. The minimum atomic E-state index is -1.22. The zero-order valence-electron chi connectivity index (χ0n) is 20.3. The summed E-state index contributed by atoms with van der Waals surface area (Å²) in [5, 5.41) is 29.9. The molecule has 4 heterocycles. The van der Waals surface area contributed by atoms with Gasteiger partial charge < -0.3 is 21.0 Å². The fourth-order valence-corrected chi connectivity index (χ4v) is 7.03. The van der Waals surface area contributed by atoms with E-state index in [1.54, 1.807) is 16.1 Å². The van der Waals surface area contributed by atoms with E-state index in [2.05, 4.69) is 37.6 Å². The van der Waals surface area contributed by atoms with Gasteiger partial charge in [-0.25, -0.2) is 14.5 Å². The Kier molecular flexibility index (Phi) is 7.99. The molecular formula is C22H23N9O5S3. The molecule has 4 N–H and O–H groups in total. The van der Waals surface area contributed by atoms with Crippen molar-refractivity contribution in [1.29, 1.82) is 0 Å². The van der Waals surface area contributed by atoms with Crippen LogP contribution in [0.3, 0.4) is 0 Å². The highest BCUT2D eigenvalue weighted by atomic mass is 32.2. The highest BCUT2D eigenvalue weighted by Crippen LogP contribution is 2.41. The maximum atomic E-state index is 13.2. The molecule has 2 aromatic heterocycles. The van der Waals surface area contributed by atoms with E-state index < -0.39 is 29.2 Å². The number of tetrazole rings is 1. The van der Waals surface area contributed by atoms with Gasteiger partial charge in [-0.3, -0.25) is 14.5 Å². The molecule has 5 rings (SSSR count). The summed E-state index contributed by atoms with van der Waals surface area (Å²) < 4.78 is 1.54. The number of fused-ring (bicyclic) bond motifs is 1. The second kappa shape index (κ2) is 11.6. The molecule has 0 radical (unpaired) electrons. The maximum Gasteiger partial charge on any atom is 0.352 e. The zero-order valence-corrected chi connectivity index (χ0v) is 22.7. The van der Waals surface area contributed by atoms with Gasteiger partial charge in [0.25, 0.3) is 11.8 Å². The number of carboxylic acids is 1. The number of thiazole rings is 1. The lowest BCUT2D eigenvalue weighted by Gasteiger charge is -2.49. The Morgan fingerprint density at radius 3 is 2.97 bits per heavy atom. The van der Waals surface area contributed by atoms with Crippen LogP contribution in [0.5, 0.6) is 0 Å². The molecule has 204 valence electrons. The summed E-state index contributed by atoms with van der Waals surface area (Å²) in [4.78, 5) is 49.4. The fourth-order valence-electron chi connectivity index (χ4n) is 4.11. The molecule has 0 spiro atoms. The topological polar surface area (TPSA) is 191 Å². The van der Waals surface area contributed by atoms with Gasteiger partial charge in [-0.05, 0) is 34.9 Å². The van der Waals surface area contributed by atoms with Crippen LogP contribution in [0.4, 0.5) is 5.13 Å². The Morgan fingerprint density at radius 1 is 1.44 bits per heavy atom. The number of β-lactam (4-membered cyclic amide) rings is 1. The lowest BCUT2D eigenvalue weighted by Crippen LogP contribution is -2.71. The van der Waals surface area contributed by atoms with Crippen molar-refractivity contribution in [1.82, 2.24) is 35.4 Å². The average Bonchev–Trinajstić information content (AvgIpc) is 3.69. The normalized spacial score (nSPS) is 22.5. The molecule has 2 aliphatic heterocycles. The number of rotatable bonds is 11. The van der Waals surface area contributed by atoms with Crippen LogP contribution < -0.4 is 11.1 Å². The van der Waals surface area contributed by atoms with Crippen LogP contribution in [-0.4, -0.2) is 87.7 Å². The van der Waals surface area contributed by atoms with Gasteiger partial charge in [0.15, 0.2) is 10.8 Å². The molecule has 1 fully saturated rings. The van der Waals surface area contributed by atoms with Crippen molar-refractivity contribution < 1.29 is 24.3 Å². The van der Waals surface area contributed by atoms with Crippen molar-refractivity contribution in [2.75, 3.05) is 17.2 Å². The van der Waals surface area contributed by atoms with Gasteiger partial charge >= 0.3 is 5.97 Å². The van der Waals surface area contributed by atoms with Gasteiger partial charge in [-0.2, -0.15) is 0 Å². The maximum absolute atomic E-state index is 13.2. The minimum Gasteiger partial charge on any atom is -0.477 e. The van der Waals surface area contributed by atoms with Crippen LogP contribution in [0.1, 0.15) is 18.5 Å². The summed E-state index contributed by atoms with van der Waals surface area (Å²) in [5.41, 5.74) is 6.31. The Hall–Kier alpha value is -3.70. The van der Waals surface area contributed by atoms with Gasteiger partial charge in [0.05, 0.1) is 6.54 Å². The molecule has 0 bridgehead atoms. The molecular weight excluding hydrogens is 567 g/mol. The van der Waals surface area contributed by atoms with Gasteiger partial charge in [0.2, 0.25) is 5.16 Å². The number of carboxylic acid groups (broad SMARTS) is 1. The van der Waals surface area contributed by atoms with E-state index in [1.807, 2.05) is 12.2 Å². The predicted molar refractivity (Wildman–Crippen MR) is 145 cm³/mol. The first-order valence-corrected chi connectivity index (χ1v) is 14.6. The number of oxime groups is 1. The van der Waals surface area contributed by atoms with Crippen molar-refractivity contribution in [2.45, 2.75) is 42.1 Å². The highest BCUT2D eigenvalue weighted by molar-refractivity contribution is 8.01. The number of hydrogen-bond donors (Lipinski definition) is 3. The molecule has 0 aromatic carbocycles. The summed E-state index contributed by atoms with van der Waals surface area (Å²) >= 11 is 3.77. The fraction of sp³-hybridized carbons (Fsp3) is 0.364. The third-order valence-electron chi connectivity index (χ3n) is 5.94. The monoisotopic (exact) mass is 589 g/mol. The number of hydrogen-bond acceptors (Lipinski definition) is 13. The SMILES string of the molecule is C=CCn1nnnc1SCC1=C(C(=O)O)N2C(=O)C(NC(=O)C(=NOC3C=CCC3)c3csc(N)n3)[C@@H]2SC1. The third-order valence-corrected chi connectivity index (χ3v) is 9.00. The van der Waals surface area contributed by atoms with Gasteiger partial charge in [0, 0.05) is 16.9 Å². The zero-order chi connectivity index (χ0) is 27.5. The summed E-state index contributed by atoms with van der Waals surface area (Å²) in [6.07, 6.45) is 6.79. The van der Waals surface area contributed by atoms with E-state index in [4.69, 9.17) is 10.6 Å². The van der Waals surface area contributed by atoms with Crippen LogP contribution in [0.25, 0.3) is 0 Å². The molecule has 3 atom stereocenters. The number of nitrogens with one attached hydrogen (secondary N) is 1. The lowest BCUT2D eigenvalue weighted by molar-refractivity contribution is -0.150. The van der Waals surface area contributed by atoms with E-state index in [0.29, 0.717) is 23.0 Å². The molecule has 2 aromatic rings. The first kappa shape index (κ1) is 26.9. The number of carbonyl (C=O) groups is 3. The molecule has 14 nitrogen and oxygen atoms in total. The summed E-state index contributed by atoms with van der Waals surface area (Å²) in [6.45, 7) is 4.07. The second-order valence-electron chi connectivity index (χ2n) is 8.50. The number of nitrogens with two attached hydrogens (primary N) is 1. The standard InChI is InChI=1S/C22H23N9O5S3/c1-2-7-30-22(26-28-29-30)39-9-11-8-37-19-15(18(33)31(19)16(11)20(34)35)25-17(32)14(13-10-38-21(23)24-13)27-36-12-5-3-4-6-12/h2-3,5,10,12,15,19H,1,4,6-9H2,(H2,23,24)(H,25,32)(H,34,35)/t12?,15?,19-/m0/s1. The predicted octanol–water partition coefficient (Wildman–Crippen LogP) is 0.868. The number of amides is 2. The minimum absolute atomic E-state index is 0.0954. The number of carbonyl (C=O) groups excluding carboxylic acids is 2. The van der Waals surface area contributed by atoms with Crippen LogP contribution >= 0.6 is 34.9 Å². The number of thioether (sulfide) groups is 2. The number of nitrogen functional groups attached to an aromatic ring is 1. The van der Waals surface area contributed by atoms with Crippen LogP contribution in [-0.2, 0) is 25.8 Å². The number of anilines is 1.